The Morgan fingerprint density at radius 2 is 2.31 bits per heavy atom. The molecule has 0 heterocycles. The largest absolute Gasteiger partial charge is 0.463 e. The fourth-order valence-electron chi connectivity index (χ4n) is 0.639. The van der Waals surface area contributed by atoms with Crippen LogP contribution in [0.5, 0.6) is 0 Å². The molecule has 0 aliphatic carbocycles. The summed E-state index contributed by atoms with van der Waals surface area (Å²) in [4.78, 5) is 22.3. The molecule has 13 heavy (non-hydrogen) atoms. The van der Waals surface area contributed by atoms with Crippen molar-refractivity contribution in [1.82, 2.24) is 4.90 Å². The summed E-state index contributed by atoms with van der Waals surface area (Å²) >= 11 is 0. The maximum absolute atomic E-state index is 10.8. The van der Waals surface area contributed by atoms with E-state index in [1.807, 2.05) is 0 Å². The zero-order valence-electron chi connectivity index (χ0n) is 7.31. The van der Waals surface area contributed by atoms with E-state index in [0.29, 0.717) is 6.41 Å². The molecule has 1 N–H and O–H groups in total. The first-order valence-electron chi connectivity index (χ1n) is 3.84. The molecular formula is C8H13NO4. The lowest BCUT2D eigenvalue weighted by atomic mass is 10.4. The molecule has 0 rings (SSSR count). The maximum Gasteiger partial charge on any atom is 0.307 e. The summed E-state index contributed by atoms with van der Waals surface area (Å²) in [6.07, 6.45) is 2.00. The van der Waals surface area contributed by atoms with E-state index in [9.17, 15) is 9.59 Å². The number of rotatable bonds is 7. The van der Waals surface area contributed by atoms with Gasteiger partial charge in [0.1, 0.15) is 6.61 Å². The molecular weight excluding hydrogens is 174 g/mol. The van der Waals surface area contributed by atoms with Gasteiger partial charge in [-0.3, -0.25) is 9.59 Å². The first kappa shape index (κ1) is 11.6. The van der Waals surface area contributed by atoms with E-state index in [1.54, 1.807) is 0 Å². The van der Waals surface area contributed by atoms with Crippen LogP contribution in [0.15, 0.2) is 12.8 Å². The van der Waals surface area contributed by atoms with Crippen molar-refractivity contribution < 1.29 is 19.4 Å². The van der Waals surface area contributed by atoms with Crippen LogP contribution in [0.4, 0.5) is 0 Å². The molecule has 0 aliphatic heterocycles. The number of aliphatic hydroxyl groups excluding tert-OH is 1. The van der Waals surface area contributed by atoms with Crippen molar-refractivity contribution in [2.24, 2.45) is 0 Å². The van der Waals surface area contributed by atoms with Gasteiger partial charge in [0.2, 0.25) is 6.41 Å². The SMILES string of the molecule is C=CN(C=O)CCC(=O)OCCO. The Morgan fingerprint density at radius 3 is 2.77 bits per heavy atom. The molecule has 0 fully saturated rings. The molecule has 0 aromatic rings. The van der Waals surface area contributed by atoms with Crippen molar-refractivity contribution in [3.8, 4) is 0 Å². The van der Waals surface area contributed by atoms with E-state index in [4.69, 9.17) is 5.11 Å². The number of esters is 1. The lowest BCUT2D eigenvalue weighted by Crippen LogP contribution is -2.20. The molecule has 0 saturated heterocycles. The molecule has 0 aliphatic rings. The minimum absolute atomic E-state index is 0.00594. The fourth-order valence-corrected chi connectivity index (χ4v) is 0.639. The second-order valence-corrected chi connectivity index (χ2v) is 2.22. The number of ether oxygens (including phenoxy) is 1. The average Bonchev–Trinajstić information content (AvgIpc) is 2.16. The molecule has 74 valence electrons. The van der Waals surface area contributed by atoms with Gasteiger partial charge in [-0.2, -0.15) is 0 Å². The third-order valence-corrected chi connectivity index (χ3v) is 1.30. The maximum atomic E-state index is 10.8. The smallest absolute Gasteiger partial charge is 0.307 e. The lowest BCUT2D eigenvalue weighted by Gasteiger charge is -2.10. The highest BCUT2D eigenvalue weighted by Gasteiger charge is 2.04. The second-order valence-electron chi connectivity index (χ2n) is 2.22. The standard InChI is InChI=1S/C8H13NO4/c1-2-9(7-11)4-3-8(12)13-6-5-10/h2,7,10H,1,3-6H2. The molecule has 0 saturated carbocycles. The van der Waals surface area contributed by atoms with Crippen molar-refractivity contribution in [3.05, 3.63) is 12.8 Å². The number of aliphatic hydroxyl groups is 1. The van der Waals surface area contributed by atoms with E-state index in [0.717, 1.165) is 0 Å². The van der Waals surface area contributed by atoms with Crippen LogP contribution in [-0.4, -0.2) is 42.1 Å². The van der Waals surface area contributed by atoms with Gasteiger partial charge in [-0.1, -0.05) is 6.58 Å². The van der Waals surface area contributed by atoms with Crippen LogP contribution in [0, 0.1) is 0 Å². The Kier molecular flexibility index (Phi) is 6.53. The molecule has 0 aromatic carbocycles. The highest BCUT2D eigenvalue weighted by atomic mass is 16.5. The first-order chi connectivity index (χ1) is 6.24. The predicted octanol–water partition coefficient (Wildman–Crippen LogP) is -0.486. The fraction of sp³-hybridized carbons (Fsp3) is 0.500. The molecule has 5 heteroatoms. The Balaban J connectivity index is 3.55. The van der Waals surface area contributed by atoms with Crippen LogP contribution in [-0.2, 0) is 14.3 Å². The van der Waals surface area contributed by atoms with Crippen LogP contribution in [0.2, 0.25) is 0 Å². The normalized spacial score (nSPS) is 9.00. The van der Waals surface area contributed by atoms with Crippen LogP contribution in [0.3, 0.4) is 0 Å². The van der Waals surface area contributed by atoms with E-state index in [2.05, 4.69) is 11.3 Å². The van der Waals surface area contributed by atoms with Gasteiger partial charge >= 0.3 is 5.97 Å². The van der Waals surface area contributed by atoms with Gasteiger partial charge in [0.15, 0.2) is 0 Å². The Hall–Kier alpha value is -1.36. The number of amides is 1. The van der Waals surface area contributed by atoms with Crippen LogP contribution in [0.1, 0.15) is 6.42 Å². The van der Waals surface area contributed by atoms with E-state index >= 15 is 0 Å². The van der Waals surface area contributed by atoms with E-state index in [-0.39, 0.29) is 26.2 Å². The second kappa shape index (κ2) is 7.30. The first-order valence-corrected chi connectivity index (χ1v) is 3.84. The monoisotopic (exact) mass is 187 g/mol. The quantitative estimate of drug-likeness (QED) is 0.431. The van der Waals surface area contributed by atoms with Crippen LogP contribution in [0.25, 0.3) is 0 Å². The summed E-state index contributed by atoms with van der Waals surface area (Å²) < 4.78 is 4.56. The molecule has 0 unspecified atom stereocenters. The highest BCUT2D eigenvalue weighted by Crippen LogP contribution is 1.91. The van der Waals surface area contributed by atoms with Crippen LogP contribution < -0.4 is 0 Å². The summed E-state index contributed by atoms with van der Waals surface area (Å²) in [6.45, 7) is 3.43. The third-order valence-electron chi connectivity index (χ3n) is 1.30. The van der Waals surface area contributed by atoms with E-state index in [1.165, 1.54) is 11.1 Å². The number of hydrogen-bond donors (Lipinski definition) is 1. The van der Waals surface area contributed by atoms with Gasteiger partial charge in [-0.25, -0.2) is 0 Å². The van der Waals surface area contributed by atoms with Gasteiger partial charge in [-0.15, -0.1) is 0 Å². The number of carbonyl (C=O) groups is 2. The van der Waals surface area contributed by atoms with Gasteiger partial charge in [0, 0.05) is 6.54 Å². The predicted molar refractivity (Wildman–Crippen MR) is 45.6 cm³/mol. The van der Waals surface area contributed by atoms with Crippen molar-refractivity contribution in [2.45, 2.75) is 6.42 Å². The van der Waals surface area contributed by atoms with Crippen molar-refractivity contribution in [2.75, 3.05) is 19.8 Å². The number of carbonyl (C=O) groups excluding carboxylic acids is 2. The molecule has 0 bridgehead atoms. The minimum atomic E-state index is -0.442. The van der Waals surface area contributed by atoms with Gasteiger partial charge in [-0.05, 0) is 6.20 Å². The Bertz CT molecular complexity index is 173. The zero-order valence-corrected chi connectivity index (χ0v) is 7.31. The number of nitrogens with zero attached hydrogens (tertiary/aromatic N) is 1. The summed E-state index contributed by atoms with van der Waals surface area (Å²) in [7, 11) is 0. The van der Waals surface area contributed by atoms with Crippen molar-refractivity contribution in [3.63, 3.8) is 0 Å². The topological polar surface area (TPSA) is 66.8 Å². The zero-order chi connectivity index (χ0) is 10.1. The molecule has 5 nitrogen and oxygen atoms in total. The van der Waals surface area contributed by atoms with Gasteiger partial charge in [0.05, 0.1) is 13.0 Å². The third kappa shape index (κ3) is 5.86. The molecule has 0 radical (unpaired) electrons. The molecule has 1 amide bonds. The van der Waals surface area contributed by atoms with Gasteiger partial charge < -0.3 is 14.7 Å². The highest BCUT2D eigenvalue weighted by molar-refractivity contribution is 5.70. The Labute approximate surface area is 76.6 Å². The summed E-state index contributed by atoms with van der Waals surface area (Å²) in [5, 5.41) is 8.32. The van der Waals surface area contributed by atoms with E-state index < -0.39 is 5.97 Å². The van der Waals surface area contributed by atoms with Crippen molar-refractivity contribution >= 4 is 12.4 Å². The van der Waals surface area contributed by atoms with Gasteiger partial charge in [0.25, 0.3) is 0 Å². The average molecular weight is 187 g/mol. The molecule has 0 spiro atoms. The lowest BCUT2D eigenvalue weighted by molar-refractivity contribution is -0.144. The number of hydrogen-bond acceptors (Lipinski definition) is 4. The summed E-state index contributed by atoms with van der Waals surface area (Å²) in [5.74, 6) is -0.442. The van der Waals surface area contributed by atoms with Crippen LogP contribution >= 0.6 is 0 Å². The summed E-state index contributed by atoms with van der Waals surface area (Å²) in [5.41, 5.74) is 0. The summed E-state index contributed by atoms with van der Waals surface area (Å²) in [6, 6.07) is 0. The molecule has 0 atom stereocenters. The Morgan fingerprint density at radius 1 is 1.62 bits per heavy atom. The minimum Gasteiger partial charge on any atom is -0.463 e. The molecule has 0 aromatic heterocycles. The van der Waals surface area contributed by atoms with Crippen molar-refractivity contribution in [1.29, 1.82) is 0 Å².